The molecule has 0 saturated heterocycles. The lowest BCUT2D eigenvalue weighted by molar-refractivity contribution is 0.262. The molecule has 2 aromatic carbocycles. The van der Waals surface area contributed by atoms with E-state index in [1.54, 1.807) is 18.5 Å². The van der Waals surface area contributed by atoms with Crippen molar-refractivity contribution < 1.29 is 9.18 Å². The van der Waals surface area contributed by atoms with Crippen molar-refractivity contribution in [2.75, 3.05) is 10.6 Å². The van der Waals surface area contributed by atoms with Gasteiger partial charge >= 0.3 is 6.03 Å². The average Bonchev–Trinajstić information content (AvgIpc) is 2.69. The molecule has 0 fully saturated rings. The molecular weight excluding hydrogens is 403 g/mol. The number of benzene rings is 2. The van der Waals surface area contributed by atoms with Crippen LogP contribution in [0.2, 0.25) is 5.02 Å². The van der Waals surface area contributed by atoms with Crippen LogP contribution in [-0.4, -0.2) is 16.0 Å². The van der Waals surface area contributed by atoms with Gasteiger partial charge in [-0.15, -0.1) is 0 Å². The quantitative estimate of drug-likeness (QED) is 0.405. The van der Waals surface area contributed by atoms with Gasteiger partial charge in [-0.3, -0.25) is 10.3 Å². The molecular formula is C23H18ClFN4O. The zero-order valence-corrected chi connectivity index (χ0v) is 17.1. The van der Waals surface area contributed by atoms with E-state index in [2.05, 4.69) is 26.7 Å². The maximum atomic E-state index is 13.4. The maximum Gasteiger partial charge on any atom is 0.324 e. The predicted octanol–water partition coefficient (Wildman–Crippen LogP) is 6.35. The summed E-state index contributed by atoms with van der Waals surface area (Å²) in [5, 5.41) is 6.25. The second-order valence-electron chi connectivity index (χ2n) is 7.04. The fourth-order valence-electron chi connectivity index (χ4n) is 3.31. The average molecular weight is 421 g/mol. The highest BCUT2D eigenvalue weighted by Crippen LogP contribution is 2.31. The van der Waals surface area contributed by atoms with Gasteiger partial charge in [0.25, 0.3) is 0 Å². The summed E-state index contributed by atoms with van der Waals surface area (Å²) in [6, 6.07) is 13.4. The summed E-state index contributed by atoms with van der Waals surface area (Å²) in [5.41, 5.74) is 5.00. The summed E-state index contributed by atoms with van der Waals surface area (Å²) in [7, 11) is 0. The van der Waals surface area contributed by atoms with Crippen LogP contribution in [0.25, 0.3) is 22.0 Å². The Morgan fingerprint density at radius 3 is 2.50 bits per heavy atom. The topological polar surface area (TPSA) is 66.9 Å². The first kappa shape index (κ1) is 19.8. The highest BCUT2D eigenvalue weighted by molar-refractivity contribution is 6.31. The number of halogens is 2. The third-order valence-corrected chi connectivity index (χ3v) is 4.85. The van der Waals surface area contributed by atoms with E-state index in [1.165, 1.54) is 18.2 Å². The Labute approximate surface area is 177 Å². The van der Waals surface area contributed by atoms with Crippen LogP contribution in [0.5, 0.6) is 0 Å². The molecule has 0 unspecified atom stereocenters. The molecule has 0 spiro atoms. The molecule has 150 valence electrons. The van der Waals surface area contributed by atoms with Gasteiger partial charge in [0, 0.05) is 29.0 Å². The van der Waals surface area contributed by atoms with Crippen molar-refractivity contribution in [3.63, 3.8) is 0 Å². The van der Waals surface area contributed by atoms with Crippen LogP contribution in [0.1, 0.15) is 11.1 Å². The molecule has 2 N–H and O–H groups in total. The van der Waals surface area contributed by atoms with E-state index in [0.717, 1.165) is 27.6 Å². The molecule has 0 aliphatic carbocycles. The zero-order chi connectivity index (χ0) is 21.3. The normalized spacial score (nSPS) is 10.8. The largest absolute Gasteiger partial charge is 0.324 e. The van der Waals surface area contributed by atoms with E-state index >= 15 is 0 Å². The summed E-state index contributed by atoms with van der Waals surface area (Å²) >= 11 is 5.79. The van der Waals surface area contributed by atoms with Gasteiger partial charge in [-0.2, -0.15) is 0 Å². The van der Waals surface area contributed by atoms with Gasteiger partial charge in [-0.05, 0) is 49.7 Å². The Morgan fingerprint density at radius 2 is 1.77 bits per heavy atom. The first-order valence-corrected chi connectivity index (χ1v) is 9.63. The molecule has 30 heavy (non-hydrogen) atoms. The van der Waals surface area contributed by atoms with Gasteiger partial charge < -0.3 is 5.32 Å². The van der Waals surface area contributed by atoms with Crippen LogP contribution in [0.15, 0.2) is 60.9 Å². The number of fused-ring (bicyclic) bond motifs is 1. The number of hydrogen-bond acceptors (Lipinski definition) is 3. The van der Waals surface area contributed by atoms with Crippen LogP contribution in [0, 0.1) is 19.7 Å². The number of urea groups is 1. The fourth-order valence-corrected chi connectivity index (χ4v) is 3.49. The second-order valence-corrected chi connectivity index (χ2v) is 7.44. The highest BCUT2D eigenvalue weighted by Gasteiger charge is 2.14. The van der Waals surface area contributed by atoms with E-state index in [4.69, 9.17) is 11.6 Å². The molecule has 4 rings (SSSR count). The van der Waals surface area contributed by atoms with Crippen LogP contribution in [0.3, 0.4) is 0 Å². The second kappa shape index (κ2) is 8.08. The molecule has 4 aromatic rings. The van der Waals surface area contributed by atoms with E-state index in [0.29, 0.717) is 17.0 Å². The smallest absolute Gasteiger partial charge is 0.308 e. The van der Waals surface area contributed by atoms with Crippen LogP contribution >= 0.6 is 11.6 Å². The number of hydrogen-bond donors (Lipinski definition) is 2. The lowest BCUT2D eigenvalue weighted by Gasteiger charge is -2.14. The molecule has 0 atom stereocenters. The molecule has 2 aromatic heterocycles. The Kier molecular flexibility index (Phi) is 5.33. The summed E-state index contributed by atoms with van der Waals surface area (Å²) in [6.45, 7) is 4.04. The van der Waals surface area contributed by atoms with Crippen molar-refractivity contribution in [3.8, 4) is 11.1 Å². The number of carbonyl (C=O) groups is 1. The standard InChI is InChI=1S/C23H18ClFN4O/c1-13-7-14(2)9-15(8-13)18-10-16-12-26-6-5-21(16)28-22(18)29-23(30)27-17-3-4-20(25)19(24)11-17/h3-12H,1-2H3,(H2,27,28,29,30). The van der Waals surface area contributed by atoms with Gasteiger partial charge in [-0.25, -0.2) is 14.2 Å². The Balaban J connectivity index is 1.72. The number of pyridine rings is 2. The Hall–Kier alpha value is -3.51. The predicted molar refractivity (Wildman–Crippen MR) is 118 cm³/mol. The summed E-state index contributed by atoms with van der Waals surface area (Å²) in [6.07, 6.45) is 3.38. The molecule has 0 aliphatic rings. The van der Waals surface area contributed by atoms with Gasteiger partial charge in [0.1, 0.15) is 11.6 Å². The number of nitrogens with one attached hydrogen (secondary N) is 2. The number of amides is 2. The van der Waals surface area contributed by atoms with Gasteiger partial charge in [0.05, 0.1) is 10.5 Å². The number of rotatable bonds is 3. The zero-order valence-electron chi connectivity index (χ0n) is 16.3. The minimum Gasteiger partial charge on any atom is -0.308 e. The number of anilines is 2. The Bertz CT molecular complexity index is 1260. The van der Waals surface area contributed by atoms with Gasteiger partial charge in [0.15, 0.2) is 0 Å². The third-order valence-electron chi connectivity index (χ3n) is 4.56. The van der Waals surface area contributed by atoms with Crippen LogP contribution < -0.4 is 10.6 Å². The highest BCUT2D eigenvalue weighted by atomic mass is 35.5. The molecule has 0 radical (unpaired) electrons. The number of aryl methyl sites for hydroxylation is 2. The molecule has 2 amide bonds. The van der Waals surface area contributed by atoms with Gasteiger partial charge in [0.2, 0.25) is 0 Å². The number of nitrogens with zero attached hydrogens (tertiary/aromatic N) is 2. The van der Waals surface area contributed by atoms with Crippen LogP contribution in [-0.2, 0) is 0 Å². The van der Waals surface area contributed by atoms with Crippen molar-refractivity contribution in [3.05, 3.63) is 82.9 Å². The number of carbonyl (C=O) groups excluding carboxylic acids is 1. The summed E-state index contributed by atoms with van der Waals surface area (Å²) in [5.74, 6) is -0.144. The van der Waals surface area contributed by atoms with E-state index in [-0.39, 0.29) is 5.02 Å². The lowest BCUT2D eigenvalue weighted by Crippen LogP contribution is -2.20. The molecule has 0 aliphatic heterocycles. The molecule has 0 bridgehead atoms. The van der Waals surface area contributed by atoms with Crippen molar-refractivity contribution >= 4 is 40.0 Å². The number of aromatic nitrogens is 2. The van der Waals surface area contributed by atoms with E-state index in [1.807, 2.05) is 32.0 Å². The minimum atomic E-state index is -0.551. The van der Waals surface area contributed by atoms with Crippen LogP contribution in [0.4, 0.5) is 20.7 Å². The maximum absolute atomic E-state index is 13.4. The first-order chi connectivity index (χ1) is 14.4. The molecule has 0 saturated carbocycles. The SMILES string of the molecule is Cc1cc(C)cc(-c2cc3cnccc3nc2NC(=O)Nc2ccc(F)c(Cl)c2)c1. The van der Waals surface area contributed by atoms with E-state index in [9.17, 15) is 9.18 Å². The lowest BCUT2D eigenvalue weighted by atomic mass is 10.00. The molecule has 2 heterocycles. The third kappa shape index (κ3) is 4.23. The van der Waals surface area contributed by atoms with E-state index < -0.39 is 11.8 Å². The van der Waals surface area contributed by atoms with Crippen molar-refractivity contribution in [2.45, 2.75) is 13.8 Å². The van der Waals surface area contributed by atoms with Crippen molar-refractivity contribution in [1.82, 2.24) is 9.97 Å². The Morgan fingerprint density at radius 1 is 1.00 bits per heavy atom. The fraction of sp³-hybridized carbons (Fsp3) is 0.0870. The van der Waals surface area contributed by atoms with Crippen molar-refractivity contribution in [1.29, 1.82) is 0 Å². The first-order valence-electron chi connectivity index (χ1n) is 9.25. The molecule has 7 heteroatoms. The monoisotopic (exact) mass is 420 g/mol. The summed E-state index contributed by atoms with van der Waals surface area (Å²) < 4.78 is 13.4. The molecule has 5 nitrogen and oxygen atoms in total. The van der Waals surface area contributed by atoms with Gasteiger partial charge in [-0.1, -0.05) is 40.9 Å². The minimum absolute atomic E-state index is 0.0694. The summed E-state index contributed by atoms with van der Waals surface area (Å²) in [4.78, 5) is 21.4. The van der Waals surface area contributed by atoms with Crippen molar-refractivity contribution in [2.24, 2.45) is 0 Å².